The van der Waals surface area contributed by atoms with Crippen molar-refractivity contribution in [2.24, 2.45) is 0 Å². The zero-order valence-corrected chi connectivity index (χ0v) is 12.9. The Morgan fingerprint density at radius 2 is 2.25 bits per heavy atom. The summed E-state index contributed by atoms with van der Waals surface area (Å²) in [5.74, 6) is 0.640. The number of anilines is 2. The summed E-state index contributed by atoms with van der Waals surface area (Å²) in [6.07, 6.45) is 4.69. The molecule has 0 aliphatic carbocycles. The second-order valence-electron chi connectivity index (χ2n) is 4.82. The van der Waals surface area contributed by atoms with E-state index in [1.807, 2.05) is 24.1 Å². The average molecular weight is 293 g/mol. The second-order valence-corrected chi connectivity index (χ2v) is 5.73. The van der Waals surface area contributed by atoms with E-state index in [1.165, 1.54) is 6.07 Å². The predicted octanol–water partition coefficient (Wildman–Crippen LogP) is 3.53. The summed E-state index contributed by atoms with van der Waals surface area (Å²) in [6, 6.07) is 5.36. The number of hydrogen-bond acceptors (Lipinski definition) is 4. The van der Waals surface area contributed by atoms with Crippen LogP contribution in [-0.2, 0) is 0 Å². The number of aromatic nitrogens is 1. The number of fused-ring (bicyclic) bond motifs is 1. The average Bonchev–Trinajstić information content (AvgIpc) is 2.44. The topological polar surface area (TPSA) is 42.1 Å². The monoisotopic (exact) mass is 293 g/mol. The molecule has 0 aliphatic heterocycles. The van der Waals surface area contributed by atoms with Crippen molar-refractivity contribution >= 4 is 34.0 Å². The van der Waals surface area contributed by atoms with Crippen molar-refractivity contribution < 1.29 is 4.39 Å². The summed E-state index contributed by atoms with van der Waals surface area (Å²) in [4.78, 5) is 6.32. The SMILES string of the molecule is CCC(CSC)N(C)c1c(F)cc(N)c2cccnc12. The smallest absolute Gasteiger partial charge is 0.150 e. The molecule has 0 amide bonds. The van der Waals surface area contributed by atoms with Gasteiger partial charge in [0.1, 0.15) is 0 Å². The number of benzene rings is 1. The third kappa shape index (κ3) is 2.68. The molecular formula is C15H20FN3S. The molecule has 1 aromatic heterocycles. The molecule has 1 atom stereocenters. The van der Waals surface area contributed by atoms with E-state index in [9.17, 15) is 4.39 Å². The van der Waals surface area contributed by atoms with Gasteiger partial charge in [-0.3, -0.25) is 4.98 Å². The molecule has 3 nitrogen and oxygen atoms in total. The predicted molar refractivity (Wildman–Crippen MR) is 87.0 cm³/mol. The number of hydrogen-bond donors (Lipinski definition) is 1. The highest BCUT2D eigenvalue weighted by Crippen LogP contribution is 2.33. The van der Waals surface area contributed by atoms with Gasteiger partial charge in [0.25, 0.3) is 0 Å². The van der Waals surface area contributed by atoms with Crippen molar-refractivity contribution in [1.29, 1.82) is 0 Å². The number of thioether (sulfide) groups is 1. The lowest BCUT2D eigenvalue weighted by Gasteiger charge is -2.30. The van der Waals surface area contributed by atoms with E-state index >= 15 is 0 Å². The van der Waals surface area contributed by atoms with Crippen LogP contribution >= 0.6 is 11.8 Å². The van der Waals surface area contributed by atoms with Crippen molar-refractivity contribution in [3.8, 4) is 0 Å². The van der Waals surface area contributed by atoms with Gasteiger partial charge in [-0.25, -0.2) is 4.39 Å². The number of pyridine rings is 1. The maximum absolute atomic E-state index is 14.4. The van der Waals surface area contributed by atoms with Crippen molar-refractivity contribution in [1.82, 2.24) is 4.98 Å². The number of rotatable bonds is 5. The van der Waals surface area contributed by atoms with Crippen molar-refractivity contribution in [2.45, 2.75) is 19.4 Å². The zero-order chi connectivity index (χ0) is 14.7. The second kappa shape index (κ2) is 6.31. The van der Waals surface area contributed by atoms with Gasteiger partial charge in [-0.1, -0.05) is 6.92 Å². The fourth-order valence-corrected chi connectivity index (χ4v) is 3.28. The highest BCUT2D eigenvalue weighted by molar-refractivity contribution is 7.98. The summed E-state index contributed by atoms with van der Waals surface area (Å²) < 4.78 is 14.4. The number of halogens is 1. The van der Waals surface area contributed by atoms with E-state index in [1.54, 1.807) is 18.0 Å². The van der Waals surface area contributed by atoms with Crippen LogP contribution < -0.4 is 10.6 Å². The first kappa shape index (κ1) is 14.9. The van der Waals surface area contributed by atoms with Crippen LogP contribution in [0.2, 0.25) is 0 Å². The Morgan fingerprint density at radius 3 is 2.90 bits per heavy atom. The molecule has 1 heterocycles. The van der Waals surface area contributed by atoms with E-state index < -0.39 is 0 Å². The van der Waals surface area contributed by atoms with Gasteiger partial charge in [0.15, 0.2) is 5.82 Å². The van der Waals surface area contributed by atoms with Crippen LogP contribution in [0.15, 0.2) is 24.4 Å². The van der Waals surface area contributed by atoms with Crippen LogP contribution in [0.1, 0.15) is 13.3 Å². The Labute approximate surface area is 123 Å². The number of nitrogens with zero attached hydrogens (tertiary/aromatic N) is 2. The molecule has 5 heteroatoms. The van der Waals surface area contributed by atoms with Gasteiger partial charge in [0.05, 0.1) is 11.2 Å². The molecule has 0 saturated heterocycles. The summed E-state index contributed by atoms with van der Waals surface area (Å²) >= 11 is 1.76. The van der Waals surface area contributed by atoms with Gasteiger partial charge < -0.3 is 10.6 Å². The molecule has 0 bridgehead atoms. The number of nitrogen functional groups attached to an aromatic ring is 1. The summed E-state index contributed by atoms with van der Waals surface area (Å²) in [7, 11) is 1.92. The minimum Gasteiger partial charge on any atom is -0.398 e. The molecule has 0 aliphatic rings. The van der Waals surface area contributed by atoms with Crippen LogP contribution in [0.5, 0.6) is 0 Å². The van der Waals surface area contributed by atoms with Crippen LogP contribution in [0, 0.1) is 5.82 Å². The standard InChI is InChI=1S/C15H20FN3S/c1-4-10(9-20-3)19(2)15-12(16)8-13(17)11-6-5-7-18-14(11)15/h5-8,10H,4,9,17H2,1-3H3. The number of nitrogens with two attached hydrogens (primary N) is 1. The molecule has 1 aromatic carbocycles. The zero-order valence-electron chi connectivity index (χ0n) is 12.1. The van der Waals surface area contributed by atoms with E-state index in [-0.39, 0.29) is 11.9 Å². The normalized spacial score (nSPS) is 12.6. The largest absolute Gasteiger partial charge is 0.398 e. The van der Waals surface area contributed by atoms with Crippen molar-refractivity contribution in [2.75, 3.05) is 29.7 Å². The van der Waals surface area contributed by atoms with Gasteiger partial charge in [0, 0.05) is 36.1 Å². The van der Waals surface area contributed by atoms with Gasteiger partial charge in [-0.15, -0.1) is 0 Å². The molecule has 0 saturated carbocycles. The Bertz CT molecular complexity index is 603. The van der Waals surface area contributed by atoms with Gasteiger partial charge >= 0.3 is 0 Å². The van der Waals surface area contributed by atoms with E-state index in [4.69, 9.17) is 5.73 Å². The minimum atomic E-state index is -0.309. The van der Waals surface area contributed by atoms with E-state index in [0.29, 0.717) is 16.9 Å². The lowest BCUT2D eigenvalue weighted by atomic mass is 10.1. The quantitative estimate of drug-likeness (QED) is 0.856. The molecule has 0 spiro atoms. The third-order valence-electron chi connectivity index (χ3n) is 3.58. The summed E-state index contributed by atoms with van der Waals surface area (Å²) in [5, 5.41) is 0.801. The fraction of sp³-hybridized carbons (Fsp3) is 0.400. The van der Waals surface area contributed by atoms with Crippen molar-refractivity contribution in [3.05, 3.63) is 30.2 Å². The highest BCUT2D eigenvalue weighted by Gasteiger charge is 2.20. The third-order valence-corrected chi connectivity index (χ3v) is 4.30. The Hall–Kier alpha value is -1.49. The minimum absolute atomic E-state index is 0.272. The lowest BCUT2D eigenvalue weighted by Crippen LogP contribution is -2.34. The molecule has 2 N–H and O–H groups in total. The molecular weight excluding hydrogens is 273 g/mol. The Kier molecular flexibility index (Phi) is 4.70. The molecule has 1 unspecified atom stereocenters. The van der Waals surface area contributed by atoms with Crippen LogP contribution in [0.25, 0.3) is 10.9 Å². The summed E-state index contributed by atoms with van der Waals surface area (Å²) in [6.45, 7) is 2.11. The van der Waals surface area contributed by atoms with Crippen LogP contribution in [0.3, 0.4) is 0 Å². The van der Waals surface area contributed by atoms with Gasteiger partial charge in [-0.2, -0.15) is 11.8 Å². The maximum atomic E-state index is 14.4. The van der Waals surface area contributed by atoms with Crippen molar-refractivity contribution in [3.63, 3.8) is 0 Å². The van der Waals surface area contributed by atoms with E-state index in [2.05, 4.69) is 18.2 Å². The molecule has 20 heavy (non-hydrogen) atoms. The first-order chi connectivity index (χ1) is 9.60. The van der Waals surface area contributed by atoms with Crippen LogP contribution in [0.4, 0.5) is 15.8 Å². The maximum Gasteiger partial charge on any atom is 0.150 e. The molecule has 0 radical (unpaired) electrons. The first-order valence-corrected chi connectivity index (χ1v) is 8.04. The molecule has 2 aromatic rings. The van der Waals surface area contributed by atoms with Gasteiger partial charge in [-0.05, 0) is 30.9 Å². The molecule has 0 fully saturated rings. The van der Waals surface area contributed by atoms with Gasteiger partial charge in [0.2, 0.25) is 0 Å². The Balaban J connectivity index is 2.58. The molecule has 108 valence electrons. The first-order valence-electron chi connectivity index (χ1n) is 6.64. The highest BCUT2D eigenvalue weighted by atomic mass is 32.2. The fourth-order valence-electron chi connectivity index (χ4n) is 2.44. The van der Waals surface area contributed by atoms with E-state index in [0.717, 1.165) is 17.6 Å². The Morgan fingerprint density at radius 1 is 1.50 bits per heavy atom. The lowest BCUT2D eigenvalue weighted by molar-refractivity contribution is 0.605. The summed E-state index contributed by atoms with van der Waals surface area (Å²) in [5.41, 5.74) is 7.49. The molecule has 2 rings (SSSR count). The van der Waals surface area contributed by atoms with Crippen LogP contribution in [-0.4, -0.2) is 30.1 Å².